The van der Waals surface area contributed by atoms with Crippen LogP contribution in [0.2, 0.25) is 0 Å². The molecule has 1 aromatic heterocycles. The van der Waals surface area contributed by atoms with Crippen molar-refractivity contribution >= 4 is 23.0 Å². The van der Waals surface area contributed by atoms with Gasteiger partial charge in [0.1, 0.15) is 0 Å². The molecule has 1 atom stereocenters. The van der Waals surface area contributed by atoms with Gasteiger partial charge in [0.25, 0.3) is 5.91 Å². The quantitative estimate of drug-likeness (QED) is 0.757. The summed E-state index contributed by atoms with van der Waals surface area (Å²) in [6.45, 7) is 7.45. The number of hydrogen-bond donors (Lipinski definition) is 2. The molecule has 22 heavy (non-hydrogen) atoms. The van der Waals surface area contributed by atoms with Gasteiger partial charge in [-0.15, -0.1) is 0 Å². The molecule has 3 rings (SSSR count). The number of urea groups is 1. The Morgan fingerprint density at radius 1 is 1.00 bits per heavy atom. The van der Waals surface area contributed by atoms with Crippen molar-refractivity contribution in [3.05, 3.63) is 34.6 Å². The van der Waals surface area contributed by atoms with E-state index >= 15 is 0 Å². The van der Waals surface area contributed by atoms with Crippen LogP contribution in [0.4, 0.5) is 4.79 Å². The number of carbonyl (C=O) groups is 2. The van der Waals surface area contributed by atoms with Gasteiger partial charge in [0, 0.05) is 0 Å². The summed E-state index contributed by atoms with van der Waals surface area (Å²) in [5.74, 6) is -0.409. The first kappa shape index (κ1) is 15.8. The van der Waals surface area contributed by atoms with E-state index in [-0.39, 0.29) is 5.48 Å². The molecule has 1 aliphatic heterocycles. The van der Waals surface area contributed by atoms with Gasteiger partial charge in [0.2, 0.25) is 0 Å². The number of benzene rings is 1. The number of nitrogens with zero attached hydrogens (tertiary/aromatic N) is 2. The van der Waals surface area contributed by atoms with Crippen LogP contribution < -0.4 is 10.6 Å². The van der Waals surface area contributed by atoms with Crippen LogP contribution in [0.3, 0.4) is 0 Å². The second kappa shape index (κ2) is 5.03. The van der Waals surface area contributed by atoms with Gasteiger partial charge in [-0.05, 0) is 51.0 Å². The van der Waals surface area contributed by atoms with Crippen molar-refractivity contribution in [1.29, 1.82) is 0 Å². The number of rotatable bonds is 1. The first-order valence-corrected chi connectivity index (χ1v) is 6.71. The van der Waals surface area contributed by atoms with Gasteiger partial charge >= 0.3 is 6.03 Å². The largest absolute Gasteiger partial charge is 0.412 e. The highest BCUT2D eigenvalue weighted by Crippen LogP contribution is 2.27. The van der Waals surface area contributed by atoms with Crippen LogP contribution in [0.25, 0.3) is 11.0 Å². The number of fused-ring (bicyclic) bond motifs is 1. The molecule has 3 amide bonds. The minimum absolute atomic E-state index is 0. The normalized spacial score (nSPS) is 20.5. The van der Waals surface area contributed by atoms with Crippen molar-refractivity contribution in [3.63, 3.8) is 0 Å². The Morgan fingerprint density at radius 3 is 2.05 bits per heavy atom. The predicted octanol–water partition coefficient (Wildman–Crippen LogP) is 0.785. The lowest BCUT2D eigenvalue weighted by Crippen LogP contribution is -2.42. The van der Waals surface area contributed by atoms with E-state index in [2.05, 4.69) is 20.6 Å². The summed E-state index contributed by atoms with van der Waals surface area (Å²) in [5.41, 5.74) is 3.67. The fourth-order valence-corrected chi connectivity index (χ4v) is 2.58. The first-order valence-electron chi connectivity index (χ1n) is 6.71. The molecular formula is C15H18N4O3. The van der Waals surface area contributed by atoms with Gasteiger partial charge in [-0.1, -0.05) is 0 Å². The Kier molecular flexibility index (Phi) is 3.62. The molecule has 7 heteroatoms. The summed E-state index contributed by atoms with van der Waals surface area (Å²) in [4.78, 5) is 32.6. The average molecular weight is 302 g/mol. The summed E-state index contributed by atoms with van der Waals surface area (Å²) < 4.78 is 0. The van der Waals surface area contributed by atoms with Crippen molar-refractivity contribution < 1.29 is 15.1 Å². The fourth-order valence-electron chi connectivity index (χ4n) is 2.58. The van der Waals surface area contributed by atoms with Crippen molar-refractivity contribution in [2.45, 2.75) is 33.2 Å². The Bertz CT molecular complexity index is 803. The maximum absolute atomic E-state index is 12.1. The van der Waals surface area contributed by atoms with Gasteiger partial charge in [-0.25, -0.2) is 14.8 Å². The van der Waals surface area contributed by atoms with Crippen LogP contribution in [0.1, 0.15) is 29.4 Å². The van der Waals surface area contributed by atoms with Gasteiger partial charge in [0.15, 0.2) is 5.54 Å². The maximum Gasteiger partial charge on any atom is 0.322 e. The average Bonchev–Trinajstić information content (AvgIpc) is 2.65. The molecular weight excluding hydrogens is 284 g/mol. The first-order chi connectivity index (χ1) is 9.81. The Hall–Kier alpha value is -2.54. The zero-order chi connectivity index (χ0) is 15.4. The molecule has 1 unspecified atom stereocenters. The van der Waals surface area contributed by atoms with E-state index in [1.54, 1.807) is 13.8 Å². The number of hydrogen-bond acceptors (Lipinski definition) is 4. The number of aromatic nitrogens is 2. The summed E-state index contributed by atoms with van der Waals surface area (Å²) >= 11 is 0. The highest BCUT2D eigenvalue weighted by molar-refractivity contribution is 6.07. The number of imide groups is 1. The highest BCUT2D eigenvalue weighted by Gasteiger charge is 2.46. The number of aryl methyl sites for hydroxylation is 3. The molecule has 2 heterocycles. The maximum atomic E-state index is 12.1. The van der Waals surface area contributed by atoms with Gasteiger partial charge in [0.05, 0.1) is 22.4 Å². The second-order valence-electron chi connectivity index (χ2n) is 5.62. The third kappa shape index (κ3) is 2.19. The zero-order valence-corrected chi connectivity index (χ0v) is 12.9. The number of nitrogens with one attached hydrogen (secondary N) is 2. The zero-order valence-electron chi connectivity index (χ0n) is 12.9. The molecule has 0 saturated carbocycles. The van der Waals surface area contributed by atoms with E-state index in [4.69, 9.17) is 0 Å². The van der Waals surface area contributed by atoms with Crippen LogP contribution in [0.15, 0.2) is 12.1 Å². The lowest BCUT2D eigenvalue weighted by atomic mass is 9.95. The Labute approximate surface area is 127 Å². The molecule has 1 aromatic carbocycles. The van der Waals surface area contributed by atoms with Crippen LogP contribution in [-0.4, -0.2) is 27.4 Å². The van der Waals surface area contributed by atoms with Crippen LogP contribution in [-0.2, 0) is 10.3 Å². The highest BCUT2D eigenvalue weighted by atomic mass is 16.2. The lowest BCUT2D eigenvalue weighted by molar-refractivity contribution is -0.123. The van der Waals surface area contributed by atoms with Crippen LogP contribution in [0, 0.1) is 20.8 Å². The van der Waals surface area contributed by atoms with Gasteiger partial charge < -0.3 is 10.8 Å². The molecule has 0 radical (unpaired) electrons. The SMILES string of the molecule is Cc1cc2nc(C)c(C3(C)NC(=O)NC3=O)nc2cc1C.O. The summed E-state index contributed by atoms with van der Waals surface area (Å²) in [7, 11) is 0. The summed E-state index contributed by atoms with van der Waals surface area (Å²) in [5, 5.41) is 4.87. The second-order valence-corrected chi connectivity index (χ2v) is 5.62. The lowest BCUT2D eigenvalue weighted by Gasteiger charge is -2.22. The van der Waals surface area contributed by atoms with Gasteiger partial charge in [-0.3, -0.25) is 10.1 Å². The van der Waals surface area contributed by atoms with Crippen molar-refractivity contribution in [3.8, 4) is 0 Å². The smallest absolute Gasteiger partial charge is 0.322 e. The number of amides is 3. The molecule has 0 spiro atoms. The molecule has 1 saturated heterocycles. The van der Waals surface area contributed by atoms with Crippen LogP contribution in [0.5, 0.6) is 0 Å². The molecule has 1 aliphatic rings. The summed E-state index contributed by atoms with van der Waals surface area (Å²) in [6, 6.07) is 3.41. The topological polar surface area (TPSA) is 115 Å². The predicted molar refractivity (Wildman–Crippen MR) is 81.4 cm³/mol. The van der Waals surface area contributed by atoms with Crippen LogP contribution >= 0.6 is 0 Å². The standard InChI is InChI=1S/C15H16N4O2.H2O/c1-7-5-10-11(6-8(7)2)17-12(9(3)16-10)15(4)13(20)18-14(21)19-15;/h5-6H,1-4H3,(H2,18,19,20,21);1H2. The number of carbonyl (C=O) groups excluding carboxylic acids is 2. The van der Waals surface area contributed by atoms with E-state index < -0.39 is 17.5 Å². The molecule has 2 aromatic rings. The third-order valence-corrected chi connectivity index (χ3v) is 3.97. The molecule has 0 aliphatic carbocycles. The van der Waals surface area contributed by atoms with Gasteiger partial charge in [-0.2, -0.15) is 0 Å². The minimum atomic E-state index is -1.18. The third-order valence-electron chi connectivity index (χ3n) is 3.97. The van der Waals surface area contributed by atoms with E-state index in [1.165, 1.54) is 0 Å². The minimum Gasteiger partial charge on any atom is -0.412 e. The molecule has 7 nitrogen and oxygen atoms in total. The van der Waals surface area contributed by atoms with E-state index in [0.717, 1.165) is 16.6 Å². The fraction of sp³-hybridized carbons (Fsp3) is 0.333. The van der Waals surface area contributed by atoms with Crippen molar-refractivity contribution in [2.75, 3.05) is 0 Å². The summed E-state index contributed by atoms with van der Waals surface area (Å²) in [6.07, 6.45) is 0. The molecule has 4 N–H and O–H groups in total. The van der Waals surface area contributed by atoms with E-state index in [9.17, 15) is 9.59 Å². The Morgan fingerprint density at radius 2 is 1.55 bits per heavy atom. The molecule has 1 fully saturated rings. The van der Waals surface area contributed by atoms with Crippen molar-refractivity contribution in [1.82, 2.24) is 20.6 Å². The molecule has 116 valence electrons. The Balaban J connectivity index is 0.00000176. The van der Waals surface area contributed by atoms with E-state index in [1.807, 2.05) is 26.0 Å². The van der Waals surface area contributed by atoms with Crippen molar-refractivity contribution in [2.24, 2.45) is 0 Å². The molecule has 0 bridgehead atoms. The monoisotopic (exact) mass is 302 g/mol. The van der Waals surface area contributed by atoms with E-state index in [0.29, 0.717) is 16.9 Å².